The average Bonchev–Trinajstić information content (AvgIpc) is 3.23. The van der Waals surface area contributed by atoms with E-state index in [0.717, 1.165) is 12.0 Å². The number of hydrogen-bond acceptors (Lipinski definition) is 3. The van der Waals surface area contributed by atoms with E-state index in [1.54, 1.807) is 47.0 Å². The maximum absolute atomic E-state index is 12.9. The van der Waals surface area contributed by atoms with Gasteiger partial charge >= 0.3 is 0 Å². The molecule has 0 N–H and O–H groups in total. The van der Waals surface area contributed by atoms with Gasteiger partial charge in [0.1, 0.15) is 0 Å². The largest absolute Gasteiger partial charge is 0.472 e. The molecular formula is C18H15Cl2NO2S. The van der Waals surface area contributed by atoms with Crippen LogP contribution in [0.4, 0.5) is 0 Å². The van der Waals surface area contributed by atoms with E-state index in [4.69, 9.17) is 27.6 Å². The van der Waals surface area contributed by atoms with Crippen molar-refractivity contribution >= 4 is 40.4 Å². The summed E-state index contributed by atoms with van der Waals surface area (Å²) >= 11 is 13.7. The van der Waals surface area contributed by atoms with Crippen molar-refractivity contribution in [2.24, 2.45) is 0 Å². The minimum absolute atomic E-state index is 0.0999. The van der Waals surface area contributed by atoms with Crippen LogP contribution in [0.5, 0.6) is 0 Å². The van der Waals surface area contributed by atoms with Crippen LogP contribution in [-0.2, 0) is 13.0 Å². The first kappa shape index (κ1) is 17.1. The summed E-state index contributed by atoms with van der Waals surface area (Å²) < 4.78 is 5.11. The molecule has 0 radical (unpaired) electrons. The standard InChI is InChI=1S/C18H15Cl2NO2S/c19-15-8-14(9-16(20)10-15)18(22)21(11-13-4-6-23-12-13)5-3-17-2-1-7-24-17/h1-2,4,6-10,12H,3,5,11H2. The average molecular weight is 380 g/mol. The van der Waals surface area contributed by atoms with Gasteiger partial charge in [0.05, 0.1) is 12.5 Å². The minimum atomic E-state index is -0.0999. The fourth-order valence-electron chi connectivity index (χ4n) is 2.42. The molecule has 0 aliphatic carbocycles. The van der Waals surface area contributed by atoms with Gasteiger partial charge in [0.2, 0.25) is 0 Å². The van der Waals surface area contributed by atoms with Crippen molar-refractivity contribution < 1.29 is 9.21 Å². The Kier molecular flexibility index (Phi) is 5.61. The Morgan fingerprint density at radius 3 is 2.58 bits per heavy atom. The predicted octanol–water partition coefficient (Wildman–Crippen LogP) is 5.53. The van der Waals surface area contributed by atoms with E-state index in [1.165, 1.54) is 4.88 Å². The maximum Gasteiger partial charge on any atom is 0.254 e. The third-order valence-corrected chi connectivity index (χ3v) is 4.93. The summed E-state index contributed by atoms with van der Waals surface area (Å²) in [6.07, 6.45) is 4.06. The molecular weight excluding hydrogens is 365 g/mol. The van der Waals surface area contributed by atoms with Gasteiger partial charge in [-0.1, -0.05) is 29.3 Å². The molecule has 0 unspecified atom stereocenters. The second kappa shape index (κ2) is 7.88. The summed E-state index contributed by atoms with van der Waals surface area (Å²) in [6.45, 7) is 1.08. The third-order valence-electron chi connectivity index (χ3n) is 3.56. The Hall–Kier alpha value is -1.75. The van der Waals surface area contributed by atoms with E-state index in [-0.39, 0.29) is 5.91 Å². The van der Waals surface area contributed by atoms with Crippen LogP contribution in [0, 0.1) is 0 Å². The lowest BCUT2D eigenvalue weighted by Gasteiger charge is -2.22. The van der Waals surface area contributed by atoms with E-state index >= 15 is 0 Å². The fraction of sp³-hybridized carbons (Fsp3) is 0.167. The molecule has 0 bridgehead atoms. The molecule has 6 heteroatoms. The molecule has 24 heavy (non-hydrogen) atoms. The summed E-state index contributed by atoms with van der Waals surface area (Å²) in [5.74, 6) is -0.0999. The zero-order valence-corrected chi connectivity index (χ0v) is 15.1. The third kappa shape index (κ3) is 4.41. The molecule has 0 aliphatic rings. The number of amides is 1. The number of nitrogens with zero attached hydrogens (tertiary/aromatic N) is 1. The van der Waals surface area contributed by atoms with Crippen LogP contribution >= 0.6 is 34.5 Å². The summed E-state index contributed by atoms with van der Waals surface area (Å²) in [7, 11) is 0. The van der Waals surface area contributed by atoms with Crippen molar-refractivity contribution in [2.75, 3.05) is 6.54 Å². The molecule has 1 amide bonds. The number of furan rings is 1. The lowest BCUT2D eigenvalue weighted by atomic mass is 10.1. The lowest BCUT2D eigenvalue weighted by Crippen LogP contribution is -2.32. The number of carbonyl (C=O) groups is 1. The Balaban J connectivity index is 1.80. The van der Waals surface area contributed by atoms with Crippen LogP contribution in [0.25, 0.3) is 0 Å². The van der Waals surface area contributed by atoms with Gasteiger partial charge < -0.3 is 9.32 Å². The van der Waals surface area contributed by atoms with Gasteiger partial charge in [-0.3, -0.25) is 4.79 Å². The molecule has 3 rings (SSSR count). The Labute approximate surface area is 154 Å². The predicted molar refractivity (Wildman–Crippen MR) is 97.9 cm³/mol. The van der Waals surface area contributed by atoms with Crippen molar-refractivity contribution in [1.82, 2.24) is 4.90 Å². The summed E-state index contributed by atoms with van der Waals surface area (Å²) in [5.41, 5.74) is 1.44. The van der Waals surface area contributed by atoms with Crippen LogP contribution in [-0.4, -0.2) is 17.4 Å². The van der Waals surface area contributed by atoms with Gasteiger partial charge in [0.15, 0.2) is 0 Å². The summed E-state index contributed by atoms with van der Waals surface area (Å²) in [6, 6.07) is 10.8. The molecule has 0 aliphatic heterocycles. The molecule has 1 aromatic carbocycles. The first-order valence-electron chi connectivity index (χ1n) is 7.40. The van der Waals surface area contributed by atoms with E-state index in [9.17, 15) is 4.79 Å². The fourth-order valence-corrected chi connectivity index (χ4v) is 3.64. The van der Waals surface area contributed by atoms with Crippen LogP contribution in [0.2, 0.25) is 10.0 Å². The van der Waals surface area contributed by atoms with Crippen LogP contribution < -0.4 is 0 Å². The molecule has 0 atom stereocenters. The molecule has 0 saturated carbocycles. The van der Waals surface area contributed by atoms with Crippen molar-refractivity contribution in [3.8, 4) is 0 Å². The zero-order valence-electron chi connectivity index (χ0n) is 12.7. The maximum atomic E-state index is 12.9. The van der Waals surface area contributed by atoms with Crippen molar-refractivity contribution in [1.29, 1.82) is 0 Å². The molecule has 0 saturated heterocycles. The van der Waals surface area contributed by atoms with Crippen molar-refractivity contribution in [3.63, 3.8) is 0 Å². The highest BCUT2D eigenvalue weighted by molar-refractivity contribution is 7.09. The smallest absolute Gasteiger partial charge is 0.254 e. The van der Waals surface area contributed by atoms with Gasteiger partial charge in [0, 0.05) is 39.1 Å². The van der Waals surface area contributed by atoms with Gasteiger partial charge in [-0.2, -0.15) is 0 Å². The Morgan fingerprint density at radius 2 is 1.96 bits per heavy atom. The highest BCUT2D eigenvalue weighted by Crippen LogP contribution is 2.21. The van der Waals surface area contributed by atoms with E-state index in [1.807, 2.05) is 17.5 Å². The van der Waals surface area contributed by atoms with Crippen LogP contribution in [0.1, 0.15) is 20.8 Å². The van der Waals surface area contributed by atoms with Crippen molar-refractivity contribution in [2.45, 2.75) is 13.0 Å². The number of benzene rings is 1. The number of hydrogen-bond donors (Lipinski definition) is 0. The van der Waals surface area contributed by atoms with Crippen LogP contribution in [0.15, 0.2) is 58.7 Å². The Morgan fingerprint density at radius 1 is 1.17 bits per heavy atom. The lowest BCUT2D eigenvalue weighted by molar-refractivity contribution is 0.0745. The molecule has 3 nitrogen and oxygen atoms in total. The highest BCUT2D eigenvalue weighted by Gasteiger charge is 2.18. The topological polar surface area (TPSA) is 33.5 Å². The number of carbonyl (C=O) groups excluding carboxylic acids is 1. The van der Waals surface area contributed by atoms with Gasteiger partial charge in [-0.05, 0) is 42.1 Å². The van der Waals surface area contributed by atoms with E-state index < -0.39 is 0 Å². The second-order valence-corrected chi connectivity index (χ2v) is 7.25. The van der Waals surface area contributed by atoms with Gasteiger partial charge in [0.25, 0.3) is 5.91 Å². The first-order chi connectivity index (χ1) is 11.6. The first-order valence-corrected chi connectivity index (χ1v) is 9.04. The van der Waals surface area contributed by atoms with Crippen molar-refractivity contribution in [3.05, 3.63) is 80.4 Å². The molecule has 2 heterocycles. The molecule has 0 fully saturated rings. The Bertz CT molecular complexity index is 780. The highest BCUT2D eigenvalue weighted by atomic mass is 35.5. The molecule has 0 spiro atoms. The molecule has 124 valence electrons. The SMILES string of the molecule is O=C(c1cc(Cl)cc(Cl)c1)N(CCc1cccs1)Cc1ccoc1. The zero-order chi connectivity index (χ0) is 16.9. The summed E-state index contributed by atoms with van der Waals surface area (Å²) in [4.78, 5) is 15.9. The van der Waals surface area contributed by atoms with E-state index in [2.05, 4.69) is 6.07 Å². The quantitative estimate of drug-likeness (QED) is 0.563. The van der Waals surface area contributed by atoms with E-state index in [0.29, 0.717) is 28.7 Å². The number of thiophene rings is 1. The minimum Gasteiger partial charge on any atom is -0.472 e. The second-order valence-electron chi connectivity index (χ2n) is 5.35. The monoisotopic (exact) mass is 379 g/mol. The number of halogens is 2. The molecule has 3 aromatic rings. The van der Waals surface area contributed by atoms with Gasteiger partial charge in [-0.15, -0.1) is 11.3 Å². The van der Waals surface area contributed by atoms with Crippen LogP contribution in [0.3, 0.4) is 0 Å². The van der Waals surface area contributed by atoms with Gasteiger partial charge in [-0.25, -0.2) is 0 Å². The normalized spacial score (nSPS) is 10.8. The molecule has 2 aromatic heterocycles. The summed E-state index contributed by atoms with van der Waals surface area (Å²) in [5, 5.41) is 2.94. The number of rotatable bonds is 6.